The first-order chi connectivity index (χ1) is 13.4. The van der Waals surface area contributed by atoms with E-state index in [1.54, 1.807) is 7.11 Å². The fourth-order valence-corrected chi connectivity index (χ4v) is 4.28. The summed E-state index contributed by atoms with van der Waals surface area (Å²) in [7, 11) is 1.80. The highest BCUT2D eigenvalue weighted by Crippen LogP contribution is 2.46. The van der Waals surface area contributed by atoms with Gasteiger partial charge < -0.3 is 4.74 Å². The molecule has 28 heavy (non-hydrogen) atoms. The van der Waals surface area contributed by atoms with Crippen LogP contribution in [-0.4, -0.2) is 7.11 Å². The Kier molecular flexibility index (Phi) is 5.93. The van der Waals surface area contributed by atoms with Crippen LogP contribution in [0, 0.1) is 13.8 Å². The molecule has 0 aliphatic heterocycles. The molecule has 3 rings (SSSR count). The number of methoxy groups -OCH3 is 1. The standard InChI is InChI=1S/C27H32O/c1-17(2)21-12-8-10-14-23(21)25-19(5)16-20(6)26(27(25)28-7)24-15-11-9-13-22(24)18(3)4/h8-18H,1-7H3. The molecule has 0 spiro atoms. The van der Waals surface area contributed by atoms with E-state index in [-0.39, 0.29) is 0 Å². The Bertz CT molecular complexity index is 904. The van der Waals surface area contributed by atoms with Crippen molar-refractivity contribution in [3.63, 3.8) is 0 Å². The van der Waals surface area contributed by atoms with Crippen LogP contribution in [0.2, 0.25) is 0 Å². The van der Waals surface area contributed by atoms with Gasteiger partial charge in [0.05, 0.1) is 7.11 Å². The Morgan fingerprint density at radius 3 is 1.39 bits per heavy atom. The zero-order chi connectivity index (χ0) is 20.4. The van der Waals surface area contributed by atoms with Crippen molar-refractivity contribution >= 4 is 0 Å². The molecule has 0 heterocycles. The normalized spacial score (nSPS) is 11.3. The number of hydrogen-bond donors (Lipinski definition) is 0. The van der Waals surface area contributed by atoms with E-state index in [0.29, 0.717) is 11.8 Å². The summed E-state index contributed by atoms with van der Waals surface area (Å²) < 4.78 is 6.12. The van der Waals surface area contributed by atoms with Gasteiger partial charge in [-0.15, -0.1) is 0 Å². The minimum atomic E-state index is 0.452. The molecule has 0 aromatic heterocycles. The third-order valence-corrected chi connectivity index (χ3v) is 5.58. The minimum Gasteiger partial charge on any atom is -0.495 e. The lowest BCUT2D eigenvalue weighted by atomic mass is 9.84. The fourth-order valence-electron chi connectivity index (χ4n) is 4.28. The Balaban J connectivity index is 2.40. The van der Waals surface area contributed by atoms with E-state index >= 15 is 0 Å². The maximum absolute atomic E-state index is 6.12. The van der Waals surface area contributed by atoms with Gasteiger partial charge in [-0.2, -0.15) is 0 Å². The van der Waals surface area contributed by atoms with Gasteiger partial charge in [-0.1, -0.05) is 82.3 Å². The fraction of sp³-hybridized carbons (Fsp3) is 0.333. The van der Waals surface area contributed by atoms with Gasteiger partial charge in [0.1, 0.15) is 5.75 Å². The molecule has 0 atom stereocenters. The van der Waals surface area contributed by atoms with Crippen LogP contribution < -0.4 is 4.74 Å². The van der Waals surface area contributed by atoms with Crippen molar-refractivity contribution in [3.05, 3.63) is 76.9 Å². The molecule has 0 aliphatic rings. The molecule has 0 amide bonds. The van der Waals surface area contributed by atoms with E-state index < -0.39 is 0 Å². The van der Waals surface area contributed by atoms with Crippen molar-refractivity contribution in [1.29, 1.82) is 0 Å². The molecule has 0 fully saturated rings. The summed E-state index contributed by atoms with van der Waals surface area (Å²) in [6, 6.07) is 19.8. The largest absolute Gasteiger partial charge is 0.495 e. The molecular weight excluding hydrogens is 340 g/mol. The summed E-state index contributed by atoms with van der Waals surface area (Å²) in [4.78, 5) is 0. The van der Waals surface area contributed by atoms with Gasteiger partial charge in [0.15, 0.2) is 0 Å². The molecule has 0 aliphatic carbocycles. The molecule has 0 radical (unpaired) electrons. The average molecular weight is 373 g/mol. The number of benzene rings is 3. The first kappa shape index (κ1) is 20.2. The van der Waals surface area contributed by atoms with Gasteiger partial charge in [0.25, 0.3) is 0 Å². The lowest BCUT2D eigenvalue weighted by molar-refractivity contribution is 0.417. The summed E-state index contributed by atoms with van der Waals surface area (Å²) in [5.41, 5.74) is 10.2. The Morgan fingerprint density at radius 2 is 1.04 bits per heavy atom. The van der Waals surface area contributed by atoms with Crippen LogP contribution in [0.4, 0.5) is 0 Å². The number of aryl methyl sites for hydroxylation is 2. The van der Waals surface area contributed by atoms with Crippen LogP contribution in [-0.2, 0) is 0 Å². The van der Waals surface area contributed by atoms with E-state index in [4.69, 9.17) is 4.74 Å². The predicted molar refractivity (Wildman–Crippen MR) is 122 cm³/mol. The molecule has 1 nitrogen and oxygen atoms in total. The van der Waals surface area contributed by atoms with Crippen molar-refractivity contribution in [2.24, 2.45) is 0 Å². The zero-order valence-corrected chi connectivity index (χ0v) is 18.3. The highest BCUT2D eigenvalue weighted by molar-refractivity contribution is 5.88. The monoisotopic (exact) mass is 372 g/mol. The summed E-state index contributed by atoms with van der Waals surface area (Å²) in [6.45, 7) is 13.4. The van der Waals surface area contributed by atoms with Crippen molar-refractivity contribution in [2.45, 2.75) is 53.4 Å². The van der Waals surface area contributed by atoms with Gasteiger partial charge in [-0.3, -0.25) is 0 Å². The first-order valence-electron chi connectivity index (χ1n) is 10.2. The highest BCUT2D eigenvalue weighted by atomic mass is 16.5. The average Bonchev–Trinajstić information content (AvgIpc) is 2.67. The molecule has 0 N–H and O–H groups in total. The Hall–Kier alpha value is -2.54. The van der Waals surface area contributed by atoms with Crippen LogP contribution in [0.25, 0.3) is 22.3 Å². The number of rotatable bonds is 5. The maximum atomic E-state index is 6.12. The van der Waals surface area contributed by atoms with E-state index in [0.717, 1.165) is 5.75 Å². The summed E-state index contributed by atoms with van der Waals surface area (Å²) in [5.74, 6) is 1.89. The Morgan fingerprint density at radius 1 is 0.643 bits per heavy atom. The summed E-state index contributed by atoms with van der Waals surface area (Å²) in [5, 5.41) is 0. The second-order valence-electron chi connectivity index (χ2n) is 8.28. The lowest BCUT2D eigenvalue weighted by Crippen LogP contribution is -2.02. The van der Waals surface area contributed by atoms with Crippen LogP contribution in [0.1, 0.15) is 61.8 Å². The van der Waals surface area contributed by atoms with Crippen LogP contribution in [0.15, 0.2) is 54.6 Å². The Labute approximate surface area is 170 Å². The van der Waals surface area contributed by atoms with Crippen molar-refractivity contribution in [3.8, 4) is 28.0 Å². The molecule has 0 unspecified atom stereocenters. The topological polar surface area (TPSA) is 9.23 Å². The second-order valence-corrected chi connectivity index (χ2v) is 8.28. The van der Waals surface area contributed by atoms with Crippen LogP contribution in [0.5, 0.6) is 5.75 Å². The SMILES string of the molecule is COc1c(-c2ccccc2C(C)C)c(C)cc(C)c1-c1ccccc1C(C)C. The van der Waals surface area contributed by atoms with E-state index in [1.807, 2.05) is 0 Å². The van der Waals surface area contributed by atoms with Crippen molar-refractivity contribution in [1.82, 2.24) is 0 Å². The molecule has 3 aromatic carbocycles. The van der Waals surface area contributed by atoms with E-state index in [1.165, 1.54) is 44.5 Å². The zero-order valence-electron chi connectivity index (χ0n) is 18.3. The van der Waals surface area contributed by atoms with Crippen molar-refractivity contribution in [2.75, 3.05) is 7.11 Å². The van der Waals surface area contributed by atoms with Crippen molar-refractivity contribution < 1.29 is 4.74 Å². The van der Waals surface area contributed by atoms with Gasteiger partial charge in [0.2, 0.25) is 0 Å². The molecule has 3 aromatic rings. The summed E-state index contributed by atoms with van der Waals surface area (Å²) >= 11 is 0. The molecular formula is C27H32O. The lowest BCUT2D eigenvalue weighted by Gasteiger charge is -2.23. The van der Waals surface area contributed by atoms with Gasteiger partial charge >= 0.3 is 0 Å². The van der Waals surface area contributed by atoms with Gasteiger partial charge in [0, 0.05) is 11.1 Å². The third-order valence-electron chi connectivity index (χ3n) is 5.58. The van der Waals surface area contributed by atoms with E-state index in [9.17, 15) is 0 Å². The first-order valence-corrected chi connectivity index (χ1v) is 10.2. The summed E-state index contributed by atoms with van der Waals surface area (Å²) in [6.07, 6.45) is 0. The smallest absolute Gasteiger partial charge is 0.135 e. The van der Waals surface area contributed by atoms with Gasteiger partial charge in [-0.05, 0) is 59.1 Å². The minimum absolute atomic E-state index is 0.452. The predicted octanol–water partition coefficient (Wildman–Crippen LogP) is 7.89. The van der Waals surface area contributed by atoms with E-state index in [2.05, 4.69) is 96.1 Å². The third kappa shape index (κ3) is 3.58. The molecule has 0 saturated carbocycles. The highest BCUT2D eigenvalue weighted by Gasteiger charge is 2.22. The molecule has 0 saturated heterocycles. The second kappa shape index (κ2) is 8.22. The number of ether oxygens (including phenoxy) is 1. The quantitative estimate of drug-likeness (QED) is 0.442. The maximum Gasteiger partial charge on any atom is 0.135 e. The number of hydrogen-bond acceptors (Lipinski definition) is 1. The molecule has 1 heteroatoms. The van der Waals surface area contributed by atoms with Gasteiger partial charge in [-0.25, -0.2) is 0 Å². The molecule has 0 bridgehead atoms. The molecule has 146 valence electrons. The van der Waals surface area contributed by atoms with Crippen LogP contribution in [0.3, 0.4) is 0 Å². The van der Waals surface area contributed by atoms with Crippen LogP contribution >= 0.6 is 0 Å².